The largest absolute Gasteiger partial charge is 0.457 e. The Labute approximate surface area is 305 Å². The quantitative estimate of drug-likeness (QED) is 0.173. The number of imidazole rings is 1. The number of hydrogen-bond donors (Lipinski definition) is 0. The van der Waals surface area contributed by atoms with Crippen LogP contribution in [0.15, 0.2) is 164 Å². The SMILES string of the molecule is CC1(C)c2ccccc2N(c2cccc(Oc3ccc4c5cc6c(cc5n5ccnc5c4c3)c3ccccc3n6-c3ccccc3)c2)c2ncccc21. The van der Waals surface area contributed by atoms with Gasteiger partial charge in [-0.1, -0.05) is 80.6 Å². The van der Waals surface area contributed by atoms with Crippen molar-refractivity contribution in [2.75, 3.05) is 4.90 Å². The molecule has 0 N–H and O–H groups in total. The number of nitrogens with zero attached hydrogens (tertiary/aromatic N) is 5. The van der Waals surface area contributed by atoms with Gasteiger partial charge in [0.05, 0.1) is 27.9 Å². The second-order valence-electron chi connectivity index (χ2n) is 14.4. The zero-order valence-corrected chi connectivity index (χ0v) is 29.2. The molecule has 11 rings (SSSR count). The van der Waals surface area contributed by atoms with E-state index in [9.17, 15) is 0 Å². The zero-order chi connectivity index (χ0) is 35.3. The smallest absolute Gasteiger partial charge is 0.145 e. The molecule has 1 aliphatic heterocycles. The van der Waals surface area contributed by atoms with Gasteiger partial charge in [0.15, 0.2) is 0 Å². The summed E-state index contributed by atoms with van der Waals surface area (Å²) in [6.07, 6.45) is 5.81. The van der Waals surface area contributed by atoms with Crippen molar-refractivity contribution >= 4 is 66.3 Å². The van der Waals surface area contributed by atoms with Gasteiger partial charge in [-0.25, -0.2) is 9.97 Å². The molecule has 252 valence electrons. The van der Waals surface area contributed by atoms with Crippen LogP contribution >= 0.6 is 0 Å². The van der Waals surface area contributed by atoms with Gasteiger partial charge in [-0.15, -0.1) is 0 Å². The fourth-order valence-electron chi connectivity index (χ4n) is 8.58. The van der Waals surface area contributed by atoms with Crippen LogP contribution < -0.4 is 9.64 Å². The highest BCUT2D eigenvalue weighted by Gasteiger charge is 2.37. The van der Waals surface area contributed by atoms with Crippen LogP contribution in [0.2, 0.25) is 0 Å². The maximum absolute atomic E-state index is 6.67. The summed E-state index contributed by atoms with van der Waals surface area (Å²) in [6, 6.07) is 51.4. The van der Waals surface area contributed by atoms with E-state index in [0.29, 0.717) is 0 Å². The number of benzene rings is 6. The van der Waals surface area contributed by atoms with Crippen molar-refractivity contribution in [1.82, 2.24) is 18.9 Å². The van der Waals surface area contributed by atoms with Crippen molar-refractivity contribution in [2.24, 2.45) is 0 Å². The van der Waals surface area contributed by atoms with Crippen LogP contribution in [0.4, 0.5) is 17.2 Å². The van der Waals surface area contributed by atoms with Gasteiger partial charge in [-0.2, -0.15) is 0 Å². The molecule has 0 atom stereocenters. The van der Waals surface area contributed by atoms with Crippen molar-refractivity contribution in [1.29, 1.82) is 0 Å². The van der Waals surface area contributed by atoms with Gasteiger partial charge in [0.25, 0.3) is 0 Å². The normalized spacial score (nSPS) is 13.6. The summed E-state index contributed by atoms with van der Waals surface area (Å²) >= 11 is 0. The van der Waals surface area contributed by atoms with E-state index in [0.717, 1.165) is 61.7 Å². The molecule has 4 aromatic heterocycles. The lowest BCUT2D eigenvalue weighted by atomic mass is 9.74. The lowest BCUT2D eigenvalue weighted by Crippen LogP contribution is -2.31. The Morgan fingerprint density at radius 3 is 2.19 bits per heavy atom. The molecule has 0 unspecified atom stereocenters. The van der Waals surface area contributed by atoms with Gasteiger partial charge >= 0.3 is 0 Å². The highest BCUT2D eigenvalue weighted by molar-refractivity contribution is 6.19. The number of rotatable bonds is 4. The minimum atomic E-state index is -0.178. The number of hydrogen-bond acceptors (Lipinski definition) is 4. The Morgan fingerprint density at radius 2 is 1.26 bits per heavy atom. The number of anilines is 3. The summed E-state index contributed by atoms with van der Waals surface area (Å²) in [7, 11) is 0. The molecule has 0 aliphatic carbocycles. The van der Waals surface area contributed by atoms with Crippen LogP contribution in [0.1, 0.15) is 25.0 Å². The Kier molecular flexibility index (Phi) is 6.20. The molecular weight excluding hydrogens is 651 g/mol. The van der Waals surface area contributed by atoms with E-state index in [-0.39, 0.29) is 5.41 Å². The van der Waals surface area contributed by atoms with Crippen LogP contribution in [0, 0.1) is 0 Å². The van der Waals surface area contributed by atoms with E-state index in [1.165, 1.54) is 32.9 Å². The number of pyridine rings is 2. The Balaban J connectivity index is 1.05. The Hall–Kier alpha value is -6.92. The summed E-state index contributed by atoms with van der Waals surface area (Å²) in [5, 5.41) is 5.75. The van der Waals surface area contributed by atoms with Crippen molar-refractivity contribution in [3.8, 4) is 17.2 Å². The maximum Gasteiger partial charge on any atom is 0.145 e. The minimum Gasteiger partial charge on any atom is -0.457 e. The van der Waals surface area contributed by atoms with Gasteiger partial charge in [0.2, 0.25) is 0 Å². The fraction of sp³-hybridized carbons (Fsp3) is 0.0638. The van der Waals surface area contributed by atoms with Gasteiger partial charge in [-0.3, -0.25) is 9.30 Å². The first-order valence-corrected chi connectivity index (χ1v) is 18.0. The lowest BCUT2D eigenvalue weighted by molar-refractivity contribution is 0.483. The van der Waals surface area contributed by atoms with Crippen molar-refractivity contribution in [3.05, 3.63) is 175 Å². The topological polar surface area (TPSA) is 47.6 Å². The summed E-state index contributed by atoms with van der Waals surface area (Å²) in [6.45, 7) is 4.54. The average Bonchev–Trinajstić information content (AvgIpc) is 3.82. The van der Waals surface area contributed by atoms with Crippen LogP contribution in [-0.4, -0.2) is 18.9 Å². The molecule has 0 amide bonds. The molecule has 10 aromatic rings. The number of ether oxygens (including phenoxy) is 1. The predicted octanol–water partition coefficient (Wildman–Crippen LogP) is 12.0. The standard InChI is InChI=1S/C47H33N5O/c1-47(2)39-17-7-9-20-42(39)52(46-40(47)18-11-23-48-46)31-14-10-15-32(26-31)53-33-21-22-34-36-29-44-37(28-43(36)50-25-24-49-45(50)38(34)27-33)35-16-6-8-19-41(35)51(44)30-12-4-3-5-13-30/h3-29H,1-2H3. The molecule has 6 aromatic carbocycles. The molecule has 5 heterocycles. The van der Waals surface area contributed by atoms with E-state index in [1.54, 1.807) is 0 Å². The Morgan fingerprint density at radius 1 is 0.509 bits per heavy atom. The molecule has 53 heavy (non-hydrogen) atoms. The van der Waals surface area contributed by atoms with Gasteiger partial charge in [0, 0.05) is 62.9 Å². The number of fused-ring (bicyclic) bond motifs is 11. The third kappa shape index (κ3) is 4.33. The summed E-state index contributed by atoms with van der Waals surface area (Å²) < 4.78 is 11.2. The lowest BCUT2D eigenvalue weighted by Gasteiger charge is -2.40. The molecule has 0 saturated heterocycles. The van der Waals surface area contributed by atoms with Gasteiger partial charge < -0.3 is 9.30 Å². The third-order valence-corrected chi connectivity index (χ3v) is 11.0. The van der Waals surface area contributed by atoms with Crippen molar-refractivity contribution < 1.29 is 4.74 Å². The van der Waals surface area contributed by atoms with Crippen LogP contribution in [0.3, 0.4) is 0 Å². The minimum absolute atomic E-state index is 0.178. The average molecular weight is 684 g/mol. The fourth-order valence-corrected chi connectivity index (χ4v) is 8.58. The predicted molar refractivity (Wildman–Crippen MR) is 216 cm³/mol. The van der Waals surface area contributed by atoms with Crippen molar-refractivity contribution in [3.63, 3.8) is 0 Å². The molecule has 0 radical (unpaired) electrons. The molecule has 0 saturated carbocycles. The van der Waals surface area contributed by atoms with E-state index < -0.39 is 0 Å². The summed E-state index contributed by atoms with van der Waals surface area (Å²) in [4.78, 5) is 12.0. The third-order valence-electron chi connectivity index (χ3n) is 11.0. The van der Waals surface area contributed by atoms with Crippen molar-refractivity contribution in [2.45, 2.75) is 19.3 Å². The van der Waals surface area contributed by atoms with Gasteiger partial charge in [0.1, 0.15) is 23.0 Å². The summed E-state index contributed by atoms with van der Waals surface area (Å²) in [5.74, 6) is 2.43. The molecule has 6 heteroatoms. The molecule has 0 bridgehead atoms. The molecule has 1 aliphatic rings. The number of aromatic nitrogens is 4. The first-order valence-electron chi connectivity index (χ1n) is 18.0. The van der Waals surface area contributed by atoms with Crippen LogP contribution in [0.5, 0.6) is 11.5 Å². The van der Waals surface area contributed by atoms with Crippen LogP contribution in [0.25, 0.3) is 54.8 Å². The highest BCUT2D eigenvalue weighted by Crippen LogP contribution is 2.51. The highest BCUT2D eigenvalue weighted by atomic mass is 16.5. The van der Waals surface area contributed by atoms with E-state index >= 15 is 0 Å². The maximum atomic E-state index is 6.67. The molecule has 0 spiro atoms. The van der Waals surface area contributed by atoms with E-state index in [1.807, 2.05) is 30.6 Å². The van der Waals surface area contributed by atoms with Crippen LogP contribution in [-0.2, 0) is 5.41 Å². The molecular formula is C47H33N5O. The first-order chi connectivity index (χ1) is 26.0. The number of para-hydroxylation sites is 3. The second-order valence-corrected chi connectivity index (χ2v) is 14.4. The zero-order valence-electron chi connectivity index (χ0n) is 29.2. The molecule has 0 fully saturated rings. The monoisotopic (exact) mass is 683 g/mol. The first kappa shape index (κ1) is 29.8. The second kappa shape index (κ2) is 11.0. The van der Waals surface area contributed by atoms with E-state index in [4.69, 9.17) is 14.7 Å². The van der Waals surface area contributed by atoms with E-state index in [2.05, 4.69) is 161 Å². The van der Waals surface area contributed by atoms with Gasteiger partial charge in [-0.05, 0) is 83.7 Å². The Bertz CT molecular complexity index is 3030. The molecule has 6 nitrogen and oxygen atoms in total. The summed E-state index contributed by atoms with van der Waals surface area (Å²) in [5.41, 5.74) is 9.90.